The third-order valence-corrected chi connectivity index (χ3v) is 3.10. The Morgan fingerprint density at radius 3 is 2.57 bits per heavy atom. The van der Waals surface area contributed by atoms with Crippen LogP contribution < -0.4 is 5.32 Å². The van der Waals surface area contributed by atoms with Crippen LogP contribution in [0.4, 0.5) is 0 Å². The Labute approximate surface area is 134 Å². The third-order valence-electron chi connectivity index (χ3n) is 2.67. The lowest BCUT2D eigenvalue weighted by Gasteiger charge is -2.22. The molecule has 0 saturated heterocycles. The van der Waals surface area contributed by atoms with Crippen molar-refractivity contribution in [2.75, 3.05) is 0 Å². The van der Waals surface area contributed by atoms with E-state index in [1.807, 2.05) is 17.7 Å². The van der Waals surface area contributed by atoms with Crippen LogP contribution >= 0.6 is 15.9 Å². The van der Waals surface area contributed by atoms with Gasteiger partial charge in [0.1, 0.15) is 17.3 Å². The second-order valence-electron chi connectivity index (χ2n) is 5.97. The number of ether oxygens (including phenoxy) is 1. The van der Waals surface area contributed by atoms with Crippen molar-refractivity contribution < 1.29 is 14.3 Å². The number of esters is 1. The molecule has 6 heteroatoms. The lowest BCUT2D eigenvalue weighted by atomic mass is 10.2. The average Bonchev–Trinajstić information content (AvgIpc) is 2.68. The fourth-order valence-corrected chi connectivity index (χ4v) is 2.27. The van der Waals surface area contributed by atoms with E-state index in [1.54, 1.807) is 33.8 Å². The first kappa shape index (κ1) is 17.8. The molecule has 21 heavy (non-hydrogen) atoms. The van der Waals surface area contributed by atoms with Gasteiger partial charge in [-0.2, -0.15) is 0 Å². The molecule has 5 nitrogen and oxygen atoms in total. The number of rotatable bonds is 5. The highest BCUT2D eigenvalue weighted by Crippen LogP contribution is 2.16. The van der Waals surface area contributed by atoms with Crippen molar-refractivity contribution in [2.24, 2.45) is 0 Å². The molecule has 0 fully saturated rings. The molecule has 0 spiro atoms. The molecular weight excluding hydrogens is 336 g/mol. The topological polar surface area (TPSA) is 60.3 Å². The first-order valence-electron chi connectivity index (χ1n) is 7.03. The minimum absolute atomic E-state index is 0.285. The molecule has 0 bridgehead atoms. The van der Waals surface area contributed by atoms with Crippen LogP contribution in [0.5, 0.6) is 0 Å². The maximum Gasteiger partial charge on any atom is 0.328 e. The van der Waals surface area contributed by atoms with E-state index in [9.17, 15) is 9.59 Å². The van der Waals surface area contributed by atoms with Crippen molar-refractivity contribution in [3.8, 4) is 0 Å². The van der Waals surface area contributed by atoms with Gasteiger partial charge in [0.25, 0.3) is 5.91 Å². The lowest BCUT2D eigenvalue weighted by molar-refractivity contribution is -0.156. The Morgan fingerprint density at radius 2 is 2.05 bits per heavy atom. The Hall–Kier alpha value is -1.30. The monoisotopic (exact) mass is 358 g/mol. The summed E-state index contributed by atoms with van der Waals surface area (Å²) >= 11 is 3.36. The Bertz CT molecular complexity index is 517. The van der Waals surface area contributed by atoms with Gasteiger partial charge in [0, 0.05) is 17.2 Å². The minimum Gasteiger partial charge on any atom is -0.458 e. The fraction of sp³-hybridized carbons (Fsp3) is 0.600. The SMILES string of the molecule is CCCn1cc(Br)cc1C(=O)N[C@H](C)C(=O)OC(C)(C)C. The van der Waals surface area contributed by atoms with Crippen molar-refractivity contribution in [3.63, 3.8) is 0 Å². The molecule has 1 amide bonds. The summed E-state index contributed by atoms with van der Waals surface area (Å²) in [4.78, 5) is 24.2. The zero-order valence-electron chi connectivity index (χ0n) is 13.2. The predicted molar refractivity (Wildman–Crippen MR) is 85.2 cm³/mol. The molecule has 1 aromatic rings. The van der Waals surface area contributed by atoms with E-state index in [-0.39, 0.29) is 5.91 Å². The molecule has 1 heterocycles. The highest BCUT2D eigenvalue weighted by atomic mass is 79.9. The van der Waals surface area contributed by atoms with E-state index in [1.165, 1.54) is 0 Å². The summed E-state index contributed by atoms with van der Waals surface area (Å²) < 4.78 is 7.95. The number of hydrogen-bond acceptors (Lipinski definition) is 3. The minimum atomic E-state index is -0.694. The van der Waals surface area contributed by atoms with Crippen LogP contribution in [0.2, 0.25) is 0 Å². The van der Waals surface area contributed by atoms with Crippen LogP contribution in [-0.4, -0.2) is 28.1 Å². The fourth-order valence-electron chi connectivity index (χ4n) is 1.81. The van der Waals surface area contributed by atoms with E-state index < -0.39 is 17.6 Å². The van der Waals surface area contributed by atoms with Crippen molar-refractivity contribution in [1.29, 1.82) is 0 Å². The summed E-state index contributed by atoms with van der Waals surface area (Å²) in [5.74, 6) is -0.726. The summed E-state index contributed by atoms with van der Waals surface area (Å²) in [6.45, 7) is 9.79. The van der Waals surface area contributed by atoms with Gasteiger partial charge in [0.2, 0.25) is 0 Å². The van der Waals surface area contributed by atoms with Gasteiger partial charge in [-0.1, -0.05) is 6.92 Å². The molecule has 0 aliphatic carbocycles. The zero-order chi connectivity index (χ0) is 16.2. The molecule has 1 rings (SSSR count). The van der Waals surface area contributed by atoms with Gasteiger partial charge < -0.3 is 14.6 Å². The van der Waals surface area contributed by atoms with Crippen LogP contribution in [0.1, 0.15) is 51.5 Å². The molecule has 1 N–H and O–H groups in total. The Balaban J connectivity index is 2.74. The largest absolute Gasteiger partial charge is 0.458 e. The molecule has 0 radical (unpaired) electrons. The average molecular weight is 359 g/mol. The summed E-state index contributed by atoms with van der Waals surface area (Å²) in [5.41, 5.74) is -0.0410. The lowest BCUT2D eigenvalue weighted by Crippen LogP contribution is -2.42. The van der Waals surface area contributed by atoms with E-state index in [0.29, 0.717) is 5.69 Å². The van der Waals surface area contributed by atoms with Crippen LogP contribution in [0, 0.1) is 0 Å². The van der Waals surface area contributed by atoms with E-state index in [4.69, 9.17) is 4.74 Å². The summed E-state index contributed by atoms with van der Waals surface area (Å²) in [5, 5.41) is 2.68. The molecule has 0 aliphatic rings. The van der Waals surface area contributed by atoms with Gasteiger partial charge in [0.05, 0.1) is 0 Å². The number of carbonyl (C=O) groups excluding carboxylic acids is 2. The summed E-state index contributed by atoms with van der Waals surface area (Å²) in [6, 6.07) is 1.05. The number of nitrogens with zero attached hydrogens (tertiary/aromatic N) is 1. The van der Waals surface area contributed by atoms with Crippen molar-refractivity contribution in [2.45, 2.75) is 59.2 Å². The molecule has 118 valence electrons. The Morgan fingerprint density at radius 1 is 1.43 bits per heavy atom. The number of halogens is 1. The van der Waals surface area contributed by atoms with Crippen LogP contribution in [0.25, 0.3) is 0 Å². The van der Waals surface area contributed by atoms with Gasteiger partial charge in [-0.15, -0.1) is 0 Å². The van der Waals surface area contributed by atoms with Gasteiger partial charge in [0.15, 0.2) is 0 Å². The standard InChI is InChI=1S/C15H23BrN2O3/c1-6-7-18-9-11(16)8-12(18)13(19)17-10(2)14(20)21-15(3,4)5/h8-10H,6-7H2,1-5H3,(H,17,19)/t10-/m1/s1. The molecule has 1 atom stereocenters. The third kappa shape index (κ3) is 5.53. The van der Waals surface area contributed by atoms with E-state index in [0.717, 1.165) is 17.4 Å². The number of hydrogen-bond donors (Lipinski definition) is 1. The molecule has 1 aromatic heterocycles. The first-order valence-corrected chi connectivity index (χ1v) is 7.82. The molecule has 0 saturated carbocycles. The van der Waals surface area contributed by atoms with Crippen LogP contribution in [0.15, 0.2) is 16.7 Å². The molecule has 0 aromatic carbocycles. The van der Waals surface area contributed by atoms with Crippen LogP contribution in [0.3, 0.4) is 0 Å². The summed E-state index contributed by atoms with van der Waals surface area (Å²) in [6.07, 6.45) is 2.78. The molecule has 0 aliphatic heterocycles. The number of amides is 1. The van der Waals surface area contributed by atoms with E-state index >= 15 is 0 Å². The maximum atomic E-state index is 12.3. The Kier molecular flexibility index (Phi) is 6.01. The van der Waals surface area contributed by atoms with Crippen LogP contribution in [-0.2, 0) is 16.1 Å². The highest BCUT2D eigenvalue weighted by molar-refractivity contribution is 9.10. The normalized spacial score (nSPS) is 12.9. The second-order valence-corrected chi connectivity index (χ2v) is 6.88. The van der Waals surface area contributed by atoms with E-state index in [2.05, 4.69) is 21.2 Å². The molecule has 0 unspecified atom stereocenters. The highest BCUT2D eigenvalue weighted by Gasteiger charge is 2.24. The van der Waals surface area contributed by atoms with Crippen molar-refractivity contribution in [1.82, 2.24) is 9.88 Å². The molecular formula is C15H23BrN2O3. The van der Waals surface area contributed by atoms with Crippen molar-refractivity contribution in [3.05, 3.63) is 22.4 Å². The number of carbonyl (C=O) groups is 2. The number of aryl methyl sites for hydroxylation is 1. The smallest absolute Gasteiger partial charge is 0.328 e. The van der Waals surface area contributed by atoms with Gasteiger partial charge in [-0.3, -0.25) is 4.79 Å². The quantitative estimate of drug-likeness (QED) is 0.822. The predicted octanol–water partition coefficient (Wildman–Crippen LogP) is 3.12. The van der Waals surface area contributed by atoms with Gasteiger partial charge in [-0.25, -0.2) is 4.79 Å². The van der Waals surface area contributed by atoms with Gasteiger partial charge in [-0.05, 0) is 56.1 Å². The number of nitrogens with one attached hydrogen (secondary N) is 1. The first-order chi connectivity index (χ1) is 9.64. The van der Waals surface area contributed by atoms with Gasteiger partial charge >= 0.3 is 5.97 Å². The summed E-state index contributed by atoms with van der Waals surface area (Å²) in [7, 11) is 0. The second kappa shape index (κ2) is 7.11. The number of aromatic nitrogens is 1. The maximum absolute atomic E-state index is 12.3. The van der Waals surface area contributed by atoms with Crippen molar-refractivity contribution >= 4 is 27.8 Å². The zero-order valence-corrected chi connectivity index (χ0v) is 14.8.